The van der Waals surface area contributed by atoms with Crippen molar-refractivity contribution in [1.29, 1.82) is 0 Å². The van der Waals surface area contributed by atoms with Crippen LogP contribution in [0.2, 0.25) is 0 Å². The third-order valence-electron chi connectivity index (χ3n) is 7.50. The molecular formula is C26H27N3O2. The quantitative estimate of drug-likeness (QED) is 0.621. The van der Waals surface area contributed by atoms with E-state index in [1.807, 2.05) is 55.5 Å². The molecule has 5 heteroatoms. The maximum atomic E-state index is 13.0. The maximum absolute atomic E-state index is 13.0. The monoisotopic (exact) mass is 413 g/mol. The molecule has 31 heavy (non-hydrogen) atoms. The summed E-state index contributed by atoms with van der Waals surface area (Å²) in [6, 6.07) is 15.5. The molecule has 2 aromatic carbocycles. The van der Waals surface area contributed by atoms with Gasteiger partial charge in [0.25, 0.3) is 5.91 Å². The summed E-state index contributed by atoms with van der Waals surface area (Å²) in [6.07, 6.45) is 7.60. The molecule has 3 aromatic rings. The van der Waals surface area contributed by atoms with Gasteiger partial charge in [0, 0.05) is 22.2 Å². The van der Waals surface area contributed by atoms with E-state index in [9.17, 15) is 4.79 Å². The highest BCUT2D eigenvalue weighted by Gasteiger charge is 2.51. The molecule has 158 valence electrons. The van der Waals surface area contributed by atoms with Crippen LogP contribution in [0.15, 0.2) is 52.9 Å². The minimum atomic E-state index is 0.0275. The van der Waals surface area contributed by atoms with Crippen LogP contribution in [-0.2, 0) is 0 Å². The molecule has 1 amide bonds. The fraction of sp³-hybridized carbons (Fsp3) is 0.423. The molecule has 0 radical (unpaired) electrons. The average molecular weight is 414 g/mol. The topological polar surface area (TPSA) is 68.0 Å². The van der Waals surface area contributed by atoms with Gasteiger partial charge in [0.2, 0.25) is 11.8 Å². The van der Waals surface area contributed by atoms with Crippen molar-refractivity contribution in [3.63, 3.8) is 0 Å². The fourth-order valence-electron chi connectivity index (χ4n) is 6.58. The van der Waals surface area contributed by atoms with Gasteiger partial charge in [-0.15, -0.1) is 10.2 Å². The first-order chi connectivity index (χ1) is 15.1. The highest BCUT2D eigenvalue weighted by atomic mass is 16.4. The van der Waals surface area contributed by atoms with Crippen LogP contribution in [0.5, 0.6) is 0 Å². The summed E-state index contributed by atoms with van der Waals surface area (Å²) in [6.45, 7) is 2.04. The number of rotatable bonds is 4. The molecule has 4 aliphatic rings. The van der Waals surface area contributed by atoms with Gasteiger partial charge in [-0.3, -0.25) is 4.79 Å². The first-order valence-corrected chi connectivity index (χ1v) is 11.4. The number of carbonyl (C=O) groups is 1. The second-order valence-corrected chi connectivity index (χ2v) is 10.0. The van der Waals surface area contributed by atoms with Gasteiger partial charge < -0.3 is 9.73 Å². The third-order valence-corrected chi connectivity index (χ3v) is 7.50. The van der Waals surface area contributed by atoms with Crippen LogP contribution in [0.25, 0.3) is 22.9 Å². The van der Waals surface area contributed by atoms with Gasteiger partial charge in [0.15, 0.2) is 0 Å². The molecule has 0 unspecified atom stereocenters. The summed E-state index contributed by atoms with van der Waals surface area (Å²) in [4.78, 5) is 13.0. The van der Waals surface area contributed by atoms with E-state index in [-0.39, 0.29) is 11.4 Å². The number of nitrogens with one attached hydrogen (secondary N) is 1. The maximum Gasteiger partial charge on any atom is 0.251 e. The Bertz CT molecular complexity index is 1100. The van der Waals surface area contributed by atoms with Crippen LogP contribution in [0, 0.1) is 24.7 Å². The van der Waals surface area contributed by atoms with Crippen LogP contribution in [-0.4, -0.2) is 21.6 Å². The summed E-state index contributed by atoms with van der Waals surface area (Å²) in [7, 11) is 0. The number of hydrogen-bond donors (Lipinski definition) is 1. The van der Waals surface area contributed by atoms with E-state index in [0.29, 0.717) is 17.3 Å². The predicted molar refractivity (Wildman–Crippen MR) is 118 cm³/mol. The molecule has 1 aromatic heterocycles. The summed E-state index contributed by atoms with van der Waals surface area (Å²) in [5.74, 6) is 3.45. The normalized spacial score (nSPS) is 28.6. The SMILES string of the molecule is Cc1cccc(-c2nnc(-c3ccc(C(=O)NC45CC6CC(CC(C6)C4)C5)cc3)o2)c1. The largest absolute Gasteiger partial charge is 0.416 e. The Kier molecular flexibility index (Phi) is 4.27. The van der Waals surface area contributed by atoms with Crippen molar-refractivity contribution >= 4 is 5.91 Å². The molecule has 4 bridgehead atoms. The van der Waals surface area contributed by atoms with Crippen molar-refractivity contribution in [2.24, 2.45) is 17.8 Å². The number of benzene rings is 2. The lowest BCUT2D eigenvalue weighted by Crippen LogP contribution is -2.59. The highest BCUT2D eigenvalue weighted by molar-refractivity contribution is 5.95. The molecule has 0 aliphatic heterocycles. The second-order valence-electron chi connectivity index (χ2n) is 10.0. The summed E-state index contributed by atoms with van der Waals surface area (Å²) < 4.78 is 5.88. The van der Waals surface area contributed by atoms with Gasteiger partial charge in [-0.2, -0.15) is 0 Å². The van der Waals surface area contributed by atoms with E-state index >= 15 is 0 Å². The molecule has 4 saturated carbocycles. The Morgan fingerprint density at radius 2 is 1.52 bits per heavy atom. The lowest BCUT2D eigenvalue weighted by Gasteiger charge is -2.56. The molecular weight excluding hydrogens is 386 g/mol. The van der Waals surface area contributed by atoms with Crippen LogP contribution < -0.4 is 5.32 Å². The smallest absolute Gasteiger partial charge is 0.251 e. The zero-order chi connectivity index (χ0) is 21.0. The van der Waals surface area contributed by atoms with Gasteiger partial charge in [-0.25, -0.2) is 0 Å². The standard InChI is InChI=1S/C26H27N3O2/c1-16-3-2-4-22(9-16)25-29-28-24(31-25)21-7-5-20(6-8-21)23(30)27-26-13-17-10-18(14-26)12-19(11-17)15-26/h2-9,17-19H,10-15H2,1H3,(H,27,30). The first kappa shape index (κ1) is 18.8. The summed E-state index contributed by atoms with van der Waals surface area (Å²) >= 11 is 0. The van der Waals surface area contributed by atoms with Crippen molar-refractivity contribution < 1.29 is 9.21 Å². The molecule has 4 fully saturated rings. The van der Waals surface area contributed by atoms with E-state index in [0.717, 1.165) is 53.7 Å². The summed E-state index contributed by atoms with van der Waals surface area (Å²) in [5, 5.41) is 11.8. The zero-order valence-electron chi connectivity index (χ0n) is 17.8. The van der Waals surface area contributed by atoms with Gasteiger partial charge >= 0.3 is 0 Å². The lowest BCUT2D eigenvalue weighted by molar-refractivity contribution is -0.0167. The van der Waals surface area contributed by atoms with Crippen LogP contribution in [0.3, 0.4) is 0 Å². The fourth-order valence-corrected chi connectivity index (χ4v) is 6.58. The number of aromatic nitrogens is 2. The van der Waals surface area contributed by atoms with Crippen LogP contribution in [0.1, 0.15) is 54.4 Å². The van der Waals surface area contributed by atoms with Crippen molar-refractivity contribution in [3.05, 3.63) is 59.7 Å². The Morgan fingerprint density at radius 3 is 2.13 bits per heavy atom. The minimum absolute atomic E-state index is 0.0275. The Morgan fingerprint density at radius 1 is 0.903 bits per heavy atom. The van der Waals surface area contributed by atoms with E-state index in [2.05, 4.69) is 15.5 Å². The molecule has 0 spiro atoms. The molecule has 0 atom stereocenters. The van der Waals surface area contributed by atoms with Crippen molar-refractivity contribution in [2.75, 3.05) is 0 Å². The van der Waals surface area contributed by atoms with E-state index in [1.165, 1.54) is 19.3 Å². The van der Waals surface area contributed by atoms with Crippen LogP contribution >= 0.6 is 0 Å². The number of hydrogen-bond acceptors (Lipinski definition) is 4. The molecule has 0 saturated heterocycles. The molecule has 1 N–H and O–H groups in total. The Balaban J connectivity index is 1.18. The molecule has 5 nitrogen and oxygen atoms in total. The number of aryl methyl sites for hydroxylation is 1. The van der Waals surface area contributed by atoms with Gasteiger partial charge in [0.1, 0.15) is 0 Å². The van der Waals surface area contributed by atoms with E-state index < -0.39 is 0 Å². The van der Waals surface area contributed by atoms with Crippen molar-refractivity contribution in [2.45, 2.75) is 51.0 Å². The number of carbonyl (C=O) groups excluding carboxylic acids is 1. The third kappa shape index (κ3) is 3.46. The number of amides is 1. The Labute approximate surface area is 182 Å². The number of nitrogens with zero attached hydrogens (tertiary/aromatic N) is 2. The molecule has 1 heterocycles. The molecule has 4 aliphatic carbocycles. The van der Waals surface area contributed by atoms with Crippen molar-refractivity contribution in [1.82, 2.24) is 15.5 Å². The molecule has 7 rings (SSSR count). The van der Waals surface area contributed by atoms with Gasteiger partial charge in [0.05, 0.1) is 0 Å². The zero-order valence-corrected chi connectivity index (χ0v) is 17.8. The van der Waals surface area contributed by atoms with E-state index in [1.54, 1.807) is 0 Å². The van der Waals surface area contributed by atoms with E-state index in [4.69, 9.17) is 4.42 Å². The summed E-state index contributed by atoms with van der Waals surface area (Å²) in [5.41, 5.74) is 3.59. The van der Waals surface area contributed by atoms with Gasteiger partial charge in [-0.1, -0.05) is 17.7 Å². The predicted octanol–water partition coefficient (Wildman–Crippen LogP) is 5.41. The minimum Gasteiger partial charge on any atom is -0.416 e. The van der Waals surface area contributed by atoms with Crippen LogP contribution in [0.4, 0.5) is 0 Å². The Hall–Kier alpha value is -2.95. The van der Waals surface area contributed by atoms with Crippen molar-refractivity contribution in [3.8, 4) is 22.9 Å². The van der Waals surface area contributed by atoms with Gasteiger partial charge in [-0.05, 0) is 99.6 Å². The highest BCUT2D eigenvalue weighted by Crippen LogP contribution is 2.55. The second kappa shape index (κ2) is 7.04. The average Bonchev–Trinajstić information content (AvgIpc) is 3.23. The first-order valence-electron chi connectivity index (χ1n) is 11.4. The lowest BCUT2D eigenvalue weighted by atomic mass is 9.53.